The molecule has 0 saturated heterocycles. The predicted octanol–water partition coefficient (Wildman–Crippen LogP) is 5.36. The molecule has 0 aliphatic heterocycles. The molecule has 0 unspecified atom stereocenters. The van der Waals surface area contributed by atoms with Gasteiger partial charge >= 0.3 is 5.97 Å². The Morgan fingerprint density at radius 1 is 1.13 bits per heavy atom. The zero-order valence-corrected chi connectivity index (χ0v) is 14.9. The van der Waals surface area contributed by atoms with Gasteiger partial charge in [-0.15, -0.1) is 11.3 Å². The van der Waals surface area contributed by atoms with Gasteiger partial charge in [0.15, 0.2) is 12.4 Å². The molecule has 0 fully saturated rings. The molecule has 0 N–H and O–H groups in total. The van der Waals surface area contributed by atoms with E-state index in [1.807, 2.05) is 30.3 Å². The molecular weight excluding hydrogens is 400 g/mol. The lowest BCUT2D eigenvalue weighted by molar-refractivity contribution is 0.0480. The first kappa shape index (κ1) is 16.2. The first-order valence-corrected chi connectivity index (χ1v) is 8.68. The Morgan fingerprint density at radius 3 is 2.65 bits per heavy atom. The van der Waals surface area contributed by atoms with E-state index in [0.717, 1.165) is 14.6 Å². The molecule has 1 heterocycles. The van der Waals surface area contributed by atoms with Gasteiger partial charge in [-0.25, -0.2) is 4.79 Å². The van der Waals surface area contributed by atoms with E-state index < -0.39 is 5.97 Å². The lowest BCUT2D eigenvalue weighted by Gasteiger charge is -2.04. The summed E-state index contributed by atoms with van der Waals surface area (Å²) in [7, 11) is 0. The average molecular weight is 410 g/mol. The number of carbonyl (C=O) groups is 2. The standard InChI is InChI=1S/C17H10BrClO3S/c18-11-5-3-4-10(8-11)13(20)9-22-17(21)16-15(19)12-6-1-2-7-14(12)23-16/h1-8H,9H2. The quantitative estimate of drug-likeness (QED) is 0.430. The third-order valence-corrected chi connectivity index (χ3v) is 5.35. The molecule has 0 spiro atoms. The van der Waals surface area contributed by atoms with Crippen molar-refractivity contribution in [2.75, 3.05) is 6.61 Å². The van der Waals surface area contributed by atoms with E-state index in [-0.39, 0.29) is 12.4 Å². The SMILES string of the molecule is O=C(COC(=O)c1sc2ccccc2c1Cl)c1cccc(Br)c1. The highest BCUT2D eigenvalue weighted by Gasteiger charge is 2.19. The summed E-state index contributed by atoms with van der Waals surface area (Å²) in [6, 6.07) is 14.4. The van der Waals surface area contributed by atoms with Crippen LogP contribution < -0.4 is 0 Å². The Hall–Kier alpha value is -1.69. The van der Waals surface area contributed by atoms with Crippen molar-refractivity contribution in [1.82, 2.24) is 0 Å². The fourth-order valence-corrected chi connectivity index (χ4v) is 3.89. The highest BCUT2D eigenvalue weighted by Crippen LogP contribution is 2.35. The molecule has 3 nitrogen and oxygen atoms in total. The first-order chi connectivity index (χ1) is 11.1. The van der Waals surface area contributed by atoms with Gasteiger partial charge in [0.05, 0.1) is 5.02 Å². The van der Waals surface area contributed by atoms with Gasteiger partial charge in [-0.2, -0.15) is 0 Å². The van der Waals surface area contributed by atoms with Crippen molar-refractivity contribution in [3.8, 4) is 0 Å². The van der Waals surface area contributed by atoms with Gasteiger partial charge in [-0.1, -0.05) is 57.9 Å². The fraction of sp³-hybridized carbons (Fsp3) is 0.0588. The van der Waals surface area contributed by atoms with Crippen LogP contribution in [0.25, 0.3) is 10.1 Å². The van der Waals surface area contributed by atoms with Crippen LogP contribution in [0.4, 0.5) is 0 Å². The van der Waals surface area contributed by atoms with Gasteiger partial charge in [-0.05, 0) is 18.2 Å². The molecule has 0 amide bonds. The molecular formula is C17H10BrClO3S. The summed E-state index contributed by atoms with van der Waals surface area (Å²) in [5.74, 6) is -0.851. The lowest BCUT2D eigenvalue weighted by Crippen LogP contribution is -2.13. The summed E-state index contributed by atoms with van der Waals surface area (Å²) >= 11 is 10.8. The van der Waals surface area contributed by atoms with Gasteiger partial charge < -0.3 is 4.74 Å². The topological polar surface area (TPSA) is 43.4 Å². The van der Waals surface area contributed by atoms with E-state index in [4.69, 9.17) is 16.3 Å². The highest BCUT2D eigenvalue weighted by atomic mass is 79.9. The minimum absolute atomic E-state index is 0.267. The van der Waals surface area contributed by atoms with Gasteiger partial charge in [-0.3, -0.25) is 4.79 Å². The Morgan fingerprint density at radius 2 is 1.91 bits per heavy atom. The van der Waals surface area contributed by atoms with E-state index >= 15 is 0 Å². The van der Waals surface area contributed by atoms with E-state index in [1.165, 1.54) is 11.3 Å². The number of ketones is 1. The van der Waals surface area contributed by atoms with Crippen molar-refractivity contribution in [2.45, 2.75) is 0 Å². The van der Waals surface area contributed by atoms with Crippen LogP contribution in [0.1, 0.15) is 20.0 Å². The molecule has 23 heavy (non-hydrogen) atoms. The first-order valence-electron chi connectivity index (χ1n) is 6.69. The van der Waals surface area contributed by atoms with Crippen LogP contribution in [0, 0.1) is 0 Å². The van der Waals surface area contributed by atoms with Gasteiger partial charge in [0.2, 0.25) is 0 Å². The summed E-state index contributed by atoms with van der Waals surface area (Å²) in [5.41, 5.74) is 0.481. The molecule has 116 valence electrons. The van der Waals surface area contributed by atoms with Crippen LogP contribution >= 0.6 is 38.9 Å². The zero-order chi connectivity index (χ0) is 16.4. The molecule has 1 aromatic heterocycles. The normalized spacial score (nSPS) is 10.7. The maximum absolute atomic E-state index is 12.2. The summed E-state index contributed by atoms with van der Waals surface area (Å²) in [5, 5.41) is 1.18. The second kappa shape index (κ2) is 6.83. The molecule has 0 atom stereocenters. The summed E-state index contributed by atoms with van der Waals surface area (Å²) < 4.78 is 6.82. The minimum atomic E-state index is -0.584. The molecule has 2 aromatic carbocycles. The van der Waals surface area contributed by atoms with Crippen molar-refractivity contribution in [3.63, 3.8) is 0 Å². The van der Waals surface area contributed by atoms with E-state index in [2.05, 4.69) is 15.9 Å². The van der Waals surface area contributed by atoms with Crippen molar-refractivity contribution in [1.29, 1.82) is 0 Å². The van der Waals surface area contributed by atoms with Crippen LogP contribution in [-0.4, -0.2) is 18.4 Å². The number of fused-ring (bicyclic) bond motifs is 1. The smallest absolute Gasteiger partial charge is 0.350 e. The van der Waals surface area contributed by atoms with Crippen LogP contribution in [0.15, 0.2) is 53.0 Å². The maximum Gasteiger partial charge on any atom is 0.350 e. The number of rotatable bonds is 4. The molecule has 3 rings (SSSR count). The van der Waals surface area contributed by atoms with Crippen molar-refractivity contribution >= 4 is 60.7 Å². The van der Waals surface area contributed by atoms with Gasteiger partial charge in [0.1, 0.15) is 4.88 Å². The number of ether oxygens (including phenoxy) is 1. The number of thiophene rings is 1. The number of carbonyl (C=O) groups excluding carboxylic acids is 2. The molecule has 0 aliphatic carbocycles. The number of hydrogen-bond acceptors (Lipinski definition) is 4. The molecule has 0 aliphatic rings. The molecule has 0 saturated carbocycles. The van der Waals surface area contributed by atoms with E-state index in [0.29, 0.717) is 15.5 Å². The number of hydrogen-bond donors (Lipinski definition) is 0. The molecule has 3 aromatic rings. The zero-order valence-electron chi connectivity index (χ0n) is 11.7. The molecule has 0 bridgehead atoms. The molecule has 0 radical (unpaired) electrons. The van der Waals surface area contributed by atoms with Crippen LogP contribution in [-0.2, 0) is 4.74 Å². The number of benzene rings is 2. The Bertz CT molecular complexity index is 904. The van der Waals surface area contributed by atoms with Gasteiger partial charge in [0.25, 0.3) is 0 Å². The molecule has 6 heteroatoms. The van der Waals surface area contributed by atoms with Crippen LogP contribution in [0.3, 0.4) is 0 Å². The second-order valence-corrected chi connectivity index (χ2v) is 7.10. The van der Waals surface area contributed by atoms with Crippen molar-refractivity contribution in [3.05, 3.63) is 68.5 Å². The second-order valence-electron chi connectivity index (χ2n) is 4.75. The van der Waals surface area contributed by atoms with Gasteiger partial charge in [0, 0.05) is 20.1 Å². The van der Waals surface area contributed by atoms with Crippen LogP contribution in [0.2, 0.25) is 5.02 Å². The van der Waals surface area contributed by atoms with E-state index in [9.17, 15) is 9.59 Å². The summed E-state index contributed by atoms with van der Waals surface area (Å²) in [6.45, 7) is -0.320. The summed E-state index contributed by atoms with van der Waals surface area (Å²) in [6.07, 6.45) is 0. The number of halogens is 2. The third-order valence-electron chi connectivity index (χ3n) is 3.20. The fourth-order valence-electron chi connectivity index (χ4n) is 2.09. The van der Waals surface area contributed by atoms with E-state index in [1.54, 1.807) is 18.2 Å². The maximum atomic E-state index is 12.2. The Labute approximate surface area is 150 Å². The lowest BCUT2D eigenvalue weighted by atomic mass is 10.1. The predicted molar refractivity (Wildman–Crippen MR) is 95.6 cm³/mol. The monoisotopic (exact) mass is 408 g/mol. The third kappa shape index (κ3) is 3.47. The van der Waals surface area contributed by atoms with Crippen molar-refractivity contribution < 1.29 is 14.3 Å². The van der Waals surface area contributed by atoms with Crippen LogP contribution in [0.5, 0.6) is 0 Å². The largest absolute Gasteiger partial charge is 0.453 e. The van der Waals surface area contributed by atoms with Crippen molar-refractivity contribution in [2.24, 2.45) is 0 Å². The number of Topliss-reactive ketones (excluding diaryl/α,β-unsaturated/α-hetero) is 1. The average Bonchev–Trinajstić information content (AvgIpc) is 2.90. The minimum Gasteiger partial charge on any atom is -0.453 e. The highest BCUT2D eigenvalue weighted by molar-refractivity contribution is 9.10. The Balaban J connectivity index is 1.74. The summed E-state index contributed by atoms with van der Waals surface area (Å²) in [4.78, 5) is 24.6. The number of esters is 1. The Kier molecular flexibility index (Phi) is 4.80.